The van der Waals surface area contributed by atoms with E-state index in [-0.39, 0.29) is 18.2 Å². The molecule has 0 aromatic heterocycles. The maximum Gasteiger partial charge on any atom is 0.321 e. The van der Waals surface area contributed by atoms with E-state index in [1.807, 2.05) is 25.7 Å². The fourth-order valence-electron chi connectivity index (χ4n) is 1.78. The molecule has 1 aliphatic heterocycles. The van der Waals surface area contributed by atoms with Gasteiger partial charge in [0.1, 0.15) is 0 Å². The van der Waals surface area contributed by atoms with Gasteiger partial charge in [-0.2, -0.15) is 0 Å². The van der Waals surface area contributed by atoms with E-state index in [0.29, 0.717) is 19.0 Å². The maximum atomic E-state index is 11.9. The molecule has 1 fully saturated rings. The van der Waals surface area contributed by atoms with E-state index in [0.717, 1.165) is 0 Å². The van der Waals surface area contributed by atoms with Gasteiger partial charge in [-0.25, -0.2) is 4.79 Å². The van der Waals surface area contributed by atoms with Crippen molar-refractivity contribution >= 4 is 6.03 Å². The van der Waals surface area contributed by atoms with Gasteiger partial charge in [0.15, 0.2) is 0 Å². The van der Waals surface area contributed by atoms with Crippen molar-refractivity contribution in [2.75, 3.05) is 13.1 Å². The van der Waals surface area contributed by atoms with E-state index in [9.17, 15) is 4.79 Å². The molecule has 0 spiro atoms. The number of urea groups is 1. The van der Waals surface area contributed by atoms with Crippen LogP contribution in [0.4, 0.5) is 4.79 Å². The van der Waals surface area contributed by atoms with Gasteiger partial charge in [-0.05, 0) is 26.7 Å². The number of amides is 2. The number of hydrogen-bond donors (Lipinski definition) is 1. The van der Waals surface area contributed by atoms with Crippen LogP contribution in [0.25, 0.3) is 0 Å². The van der Waals surface area contributed by atoms with Crippen LogP contribution in [0.15, 0.2) is 11.8 Å². The minimum atomic E-state index is -0.0352. The van der Waals surface area contributed by atoms with Gasteiger partial charge >= 0.3 is 6.03 Å². The molecular formula is C13H24N2O2. The number of hydrogen-bond acceptors (Lipinski definition) is 2. The molecule has 4 nitrogen and oxygen atoms in total. The summed E-state index contributed by atoms with van der Waals surface area (Å²) in [7, 11) is 0. The molecule has 1 saturated heterocycles. The first-order valence-electron chi connectivity index (χ1n) is 6.27. The summed E-state index contributed by atoms with van der Waals surface area (Å²) in [6.07, 6.45) is 2.02. The lowest BCUT2D eigenvalue weighted by Crippen LogP contribution is -2.50. The summed E-state index contributed by atoms with van der Waals surface area (Å²) in [4.78, 5) is 13.7. The molecule has 0 aromatic carbocycles. The van der Waals surface area contributed by atoms with Crippen molar-refractivity contribution in [2.24, 2.45) is 5.92 Å². The minimum Gasteiger partial charge on any atom is -0.372 e. The van der Waals surface area contributed by atoms with Crippen molar-refractivity contribution in [1.82, 2.24) is 10.2 Å². The highest BCUT2D eigenvalue weighted by molar-refractivity contribution is 5.75. The van der Waals surface area contributed by atoms with Crippen LogP contribution in [-0.4, -0.2) is 36.2 Å². The van der Waals surface area contributed by atoms with Gasteiger partial charge in [-0.3, -0.25) is 0 Å². The topological polar surface area (TPSA) is 41.6 Å². The predicted octanol–water partition coefficient (Wildman–Crippen LogP) is 2.37. The summed E-state index contributed by atoms with van der Waals surface area (Å²) in [5.41, 5.74) is 1.17. The molecule has 0 saturated carbocycles. The van der Waals surface area contributed by atoms with Crippen molar-refractivity contribution < 1.29 is 9.53 Å². The Labute approximate surface area is 104 Å². The molecule has 1 N–H and O–H groups in total. The van der Waals surface area contributed by atoms with Crippen LogP contribution in [0.5, 0.6) is 0 Å². The summed E-state index contributed by atoms with van der Waals surface area (Å²) in [6.45, 7) is 11.5. The van der Waals surface area contributed by atoms with Gasteiger partial charge in [0.25, 0.3) is 0 Å². The van der Waals surface area contributed by atoms with Crippen molar-refractivity contribution in [1.29, 1.82) is 0 Å². The molecule has 2 unspecified atom stereocenters. The fraction of sp³-hybridized carbons (Fsp3) is 0.769. The average molecular weight is 240 g/mol. The van der Waals surface area contributed by atoms with E-state index in [4.69, 9.17) is 4.74 Å². The summed E-state index contributed by atoms with van der Waals surface area (Å²) < 4.78 is 5.59. The van der Waals surface area contributed by atoms with E-state index in [1.165, 1.54) is 5.57 Å². The van der Waals surface area contributed by atoms with Crippen molar-refractivity contribution in [3.8, 4) is 0 Å². The molecule has 0 aromatic rings. The summed E-state index contributed by atoms with van der Waals surface area (Å²) in [6, 6.07) is -0.0352. The van der Waals surface area contributed by atoms with Gasteiger partial charge < -0.3 is 15.0 Å². The van der Waals surface area contributed by atoms with Gasteiger partial charge in [0.05, 0.1) is 12.2 Å². The zero-order chi connectivity index (χ0) is 13.0. The van der Waals surface area contributed by atoms with Crippen LogP contribution in [0.1, 0.15) is 34.6 Å². The Kier molecular flexibility index (Phi) is 5.00. The Morgan fingerprint density at radius 3 is 2.35 bits per heavy atom. The first-order chi connectivity index (χ1) is 7.90. The lowest BCUT2D eigenvalue weighted by atomic mass is 10.1. The zero-order valence-electron chi connectivity index (χ0n) is 11.5. The molecule has 2 atom stereocenters. The highest BCUT2D eigenvalue weighted by Gasteiger charge is 2.25. The molecule has 17 heavy (non-hydrogen) atoms. The van der Waals surface area contributed by atoms with E-state index < -0.39 is 0 Å². The Balaban J connectivity index is 2.50. The van der Waals surface area contributed by atoms with Crippen LogP contribution in [0, 0.1) is 5.92 Å². The second-order valence-corrected chi connectivity index (χ2v) is 5.15. The number of carbonyl (C=O) groups excluding carboxylic acids is 1. The molecule has 4 heteroatoms. The number of nitrogens with zero attached hydrogens (tertiary/aromatic N) is 1. The van der Waals surface area contributed by atoms with Gasteiger partial charge in [-0.15, -0.1) is 0 Å². The first-order valence-corrected chi connectivity index (χ1v) is 6.27. The number of ether oxygens (including phenoxy) is 1. The zero-order valence-corrected chi connectivity index (χ0v) is 11.5. The third kappa shape index (κ3) is 4.38. The molecular weight excluding hydrogens is 216 g/mol. The quantitative estimate of drug-likeness (QED) is 0.805. The Morgan fingerprint density at radius 2 is 1.88 bits per heavy atom. The Bertz CT molecular complexity index is 290. The fourth-order valence-corrected chi connectivity index (χ4v) is 1.78. The Hall–Kier alpha value is -1.03. The minimum absolute atomic E-state index is 0.0352. The average Bonchev–Trinajstić information content (AvgIpc) is 2.23. The SMILES string of the molecule is C/C(=C\NC(=O)N1CC(C)OC(C)C1)C(C)C. The molecule has 1 heterocycles. The van der Waals surface area contributed by atoms with E-state index in [2.05, 4.69) is 19.2 Å². The summed E-state index contributed by atoms with van der Waals surface area (Å²) in [5, 5.41) is 2.84. The number of rotatable bonds is 2. The number of morpholine rings is 1. The van der Waals surface area contributed by atoms with Gasteiger partial charge in [0.2, 0.25) is 0 Å². The highest BCUT2D eigenvalue weighted by atomic mass is 16.5. The molecule has 1 aliphatic rings. The highest BCUT2D eigenvalue weighted by Crippen LogP contribution is 2.11. The van der Waals surface area contributed by atoms with Crippen LogP contribution in [0.2, 0.25) is 0 Å². The Morgan fingerprint density at radius 1 is 1.35 bits per heavy atom. The van der Waals surface area contributed by atoms with Crippen molar-refractivity contribution in [2.45, 2.75) is 46.8 Å². The van der Waals surface area contributed by atoms with Crippen LogP contribution >= 0.6 is 0 Å². The van der Waals surface area contributed by atoms with Crippen molar-refractivity contribution in [3.05, 3.63) is 11.8 Å². The third-order valence-corrected chi connectivity index (χ3v) is 3.04. The van der Waals surface area contributed by atoms with Crippen LogP contribution in [0.3, 0.4) is 0 Å². The smallest absolute Gasteiger partial charge is 0.321 e. The van der Waals surface area contributed by atoms with Gasteiger partial charge in [0, 0.05) is 19.3 Å². The molecule has 0 bridgehead atoms. The second kappa shape index (κ2) is 6.05. The molecule has 98 valence electrons. The van der Waals surface area contributed by atoms with E-state index in [1.54, 1.807) is 6.20 Å². The largest absolute Gasteiger partial charge is 0.372 e. The summed E-state index contributed by atoms with van der Waals surface area (Å²) in [5.74, 6) is 0.456. The standard InChI is InChI=1S/C13H24N2O2/c1-9(2)10(3)6-14-13(16)15-7-11(4)17-12(5)8-15/h6,9,11-12H,7-8H2,1-5H3,(H,14,16)/b10-6+. The number of nitrogens with one attached hydrogen (secondary N) is 1. The number of allylic oxidation sites excluding steroid dienone is 1. The third-order valence-electron chi connectivity index (χ3n) is 3.04. The lowest BCUT2D eigenvalue weighted by molar-refractivity contribution is -0.0542. The van der Waals surface area contributed by atoms with Crippen molar-refractivity contribution in [3.63, 3.8) is 0 Å². The molecule has 0 aliphatic carbocycles. The molecule has 2 amide bonds. The maximum absolute atomic E-state index is 11.9. The van der Waals surface area contributed by atoms with Crippen LogP contribution in [-0.2, 0) is 4.74 Å². The number of carbonyl (C=O) groups is 1. The monoisotopic (exact) mass is 240 g/mol. The summed E-state index contributed by atoms with van der Waals surface area (Å²) >= 11 is 0. The first kappa shape index (κ1) is 14.0. The van der Waals surface area contributed by atoms with Gasteiger partial charge in [-0.1, -0.05) is 19.4 Å². The second-order valence-electron chi connectivity index (χ2n) is 5.15. The predicted molar refractivity (Wildman–Crippen MR) is 68.7 cm³/mol. The lowest BCUT2D eigenvalue weighted by Gasteiger charge is -2.35. The molecule has 0 radical (unpaired) electrons. The normalized spacial score (nSPS) is 26.2. The van der Waals surface area contributed by atoms with E-state index >= 15 is 0 Å². The van der Waals surface area contributed by atoms with Crippen LogP contribution < -0.4 is 5.32 Å². The molecule has 1 rings (SSSR count).